The van der Waals surface area contributed by atoms with E-state index in [-0.39, 0.29) is 40.5 Å². The maximum atomic E-state index is 14.7. The smallest absolute Gasteiger partial charge is 0.301 e. The van der Waals surface area contributed by atoms with E-state index in [0.717, 1.165) is 42.9 Å². The highest BCUT2D eigenvalue weighted by molar-refractivity contribution is 7.99. The number of amidine groups is 1. The molecule has 3 aromatic rings. The average molecular weight is 554 g/mol. The summed E-state index contributed by atoms with van der Waals surface area (Å²) in [5.41, 5.74) is 2.02. The van der Waals surface area contributed by atoms with Crippen molar-refractivity contribution in [2.75, 3.05) is 26.7 Å². The lowest BCUT2D eigenvalue weighted by atomic mass is 10.1. The number of hydrogen-bond donors (Lipinski definition) is 1. The van der Waals surface area contributed by atoms with Gasteiger partial charge in [0.05, 0.1) is 33.1 Å². The predicted octanol–water partition coefficient (Wildman–Crippen LogP) is 3.47. The Hall–Kier alpha value is -3.57. The first-order chi connectivity index (χ1) is 18.7. The number of nitrogens with one attached hydrogen (secondary N) is 1. The lowest BCUT2D eigenvalue weighted by molar-refractivity contribution is 0.0789. The quantitative estimate of drug-likeness (QED) is 0.410. The number of likely N-dealkylation sites (N-methyl/N-ethyl adjacent to an activating group) is 1. The monoisotopic (exact) mass is 553 g/mol. The van der Waals surface area contributed by atoms with E-state index in [1.165, 1.54) is 24.5 Å². The number of rotatable bonds is 9. The van der Waals surface area contributed by atoms with Gasteiger partial charge in [-0.15, -0.1) is 0 Å². The summed E-state index contributed by atoms with van der Waals surface area (Å²) in [5, 5.41) is 3.91. The van der Waals surface area contributed by atoms with E-state index >= 15 is 0 Å². The number of aliphatic imine (C=N–C) groups is 1. The number of benzene rings is 2. The number of amides is 1. The Morgan fingerprint density at radius 2 is 1.95 bits per heavy atom. The van der Waals surface area contributed by atoms with Crippen molar-refractivity contribution in [2.45, 2.75) is 42.7 Å². The Labute approximate surface area is 225 Å². The molecule has 2 aliphatic heterocycles. The largest absolute Gasteiger partial charge is 0.447 e. The maximum absolute atomic E-state index is 14.7. The SMILES string of the molecule is CN(CCc1ccc(C2=NCCN2)cc1)C(=O)c1coc(CN(C2CC2)S2(=O)=CC(F)(F)c3ccccc32)n1. The van der Waals surface area contributed by atoms with Crippen molar-refractivity contribution in [3.63, 3.8) is 0 Å². The molecule has 3 heterocycles. The van der Waals surface area contributed by atoms with E-state index in [0.29, 0.717) is 18.3 Å². The third-order valence-electron chi connectivity index (χ3n) is 7.22. The number of hydrogen-bond acceptors (Lipinski definition) is 6. The van der Waals surface area contributed by atoms with Gasteiger partial charge in [-0.25, -0.2) is 13.5 Å². The standard InChI is InChI=1S/C28H29F2N5O3S/c1-34(15-12-19-6-8-20(9-7-19)26-31-13-14-32-26)27(36)23-17-38-25(33-23)16-35(21-10-11-21)39(37)18-28(29,30)22-4-2-3-5-24(22)39/h2-9,17-18,21H,10-16H2,1H3,(H,31,32). The van der Waals surface area contributed by atoms with Crippen molar-refractivity contribution in [1.29, 1.82) is 0 Å². The Bertz CT molecular complexity index is 1560. The minimum Gasteiger partial charge on any atom is -0.447 e. The van der Waals surface area contributed by atoms with E-state index in [9.17, 15) is 17.8 Å². The molecule has 6 rings (SSSR count). The molecular weight excluding hydrogens is 524 g/mol. The van der Waals surface area contributed by atoms with Crippen LogP contribution in [-0.2, 0) is 28.6 Å². The molecule has 1 unspecified atom stereocenters. The second-order valence-corrected chi connectivity index (χ2v) is 12.4. The number of alkyl halides is 2. The molecule has 2 aromatic carbocycles. The number of oxazole rings is 1. The van der Waals surface area contributed by atoms with Gasteiger partial charge < -0.3 is 14.6 Å². The van der Waals surface area contributed by atoms with Gasteiger partial charge >= 0.3 is 5.92 Å². The molecule has 3 aliphatic rings. The molecule has 1 N–H and O–H groups in total. The Balaban J connectivity index is 1.12. The van der Waals surface area contributed by atoms with Crippen molar-refractivity contribution < 1.29 is 22.2 Å². The predicted molar refractivity (Wildman–Crippen MR) is 144 cm³/mol. The lowest BCUT2D eigenvalue weighted by Crippen LogP contribution is -2.33. The van der Waals surface area contributed by atoms with E-state index in [4.69, 9.17) is 4.42 Å². The molecule has 1 amide bonds. The number of nitrogens with zero attached hydrogens (tertiary/aromatic N) is 4. The number of carbonyl (C=O) groups excluding carboxylic acids is 1. The molecule has 1 aliphatic carbocycles. The van der Waals surface area contributed by atoms with Crippen molar-refractivity contribution >= 4 is 26.8 Å². The van der Waals surface area contributed by atoms with Crippen LogP contribution in [-0.4, -0.2) is 68.2 Å². The fraction of sp³-hybridized carbons (Fsp3) is 0.357. The number of halogens is 2. The first-order valence-corrected chi connectivity index (χ1v) is 14.5. The van der Waals surface area contributed by atoms with E-state index in [1.807, 2.05) is 24.3 Å². The van der Waals surface area contributed by atoms with E-state index < -0.39 is 15.6 Å². The van der Waals surface area contributed by atoms with Gasteiger partial charge in [-0.2, -0.15) is 8.78 Å². The molecule has 204 valence electrons. The molecule has 1 fully saturated rings. The summed E-state index contributed by atoms with van der Waals surface area (Å²) in [4.78, 5) is 23.5. The van der Waals surface area contributed by atoms with Gasteiger partial charge in [0.15, 0.2) is 5.69 Å². The highest BCUT2D eigenvalue weighted by Crippen LogP contribution is 2.43. The van der Waals surface area contributed by atoms with Gasteiger partial charge in [-0.3, -0.25) is 9.79 Å². The molecule has 8 nitrogen and oxygen atoms in total. The normalized spacial score (nSPS) is 21.3. The number of fused-ring (bicyclic) bond motifs is 1. The molecule has 39 heavy (non-hydrogen) atoms. The van der Waals surface area contributed by atoms with Crippen molar-refractivity contribution in [3.8, 4) is 0 Å². The highest BCUT2D eigenvalue weighted by Gasteiger charge is 2.47. The minimum atomic E-state index is -3.32. The zero-order chi connectivity index (χ0) is 27.2. The third kappa shape index (κ3) is 4.96. The van der Waals surface area contributed by atoms with Crippen LogP contribution in [0.5, 0.6) is 0 Å². The van der Waals surface area contributed by atoms with Gasteiger partial charge in [0.25, 0.3) is 5.91 Å². The molecule has 0 radical (unpaired) electrons. The molecule has 1 aromatic heterocycles. The van der Waals surface area contributed by atoms with Crippen molar-refractivity contribution in [3.05, 3.63) is 83.1 Å². The highest BCUT2D eigenvalue weighted by atomic mass is 32.2. The van der Waals surface area contributed by atoms with Gasteiger partial charge in [-0.1, -0.05) is 42.5 Å². The van der Waals surface area contributed by atoms with Crippen molar-refractivity contribution in [2.24, 2.45) is 4.99 Å². The summed E-state index contributed by atoms with van der Waals surface area (Å²) in [7, 11) is -1.62. The first kappa shape index (κ1) is 25.7. The topological polar surface area (TPSA) is 91.0 Å². The van der Waals surface area contributed by atoms with Crippen LogP contribution in [0.25, 0.3) is 0 Å². The second-order valence-electron chi connectivity index (χ2n) is 10.1. The zero-order valence-electron chi connectivity index (χ0n) is 21.5. The van der Waals surface area contributed by atoms with Crippen LogP contribution in [0.4, 0.5) is 8.78 Å². The fourth-order valence-electron chi connectivity index (χ4n) is 4.96. The molecule has 1 saturated carbocycles. The van der Waals surface area contributed by atoms with Gasteiger partial charge in [0, 0.05) is 37.3 Å². The Morgan fingerprint density at radius 1 is 1.18 bits per heavy atom. The minimum absolute atomic E-state index is 0.0338. The second kappa shape index (κ2) is 9.87. The van der Waals surface area contributed by atoms with E-state index in [1.54, 1.807) is 22.3 Å². The Kier molecular flexibility index (Phi) is 6.50. The fourth-order valence-corrected chi connectivity index (χ4v) is 7.75. The molecule has 0 saturated heterocycles. The van der Waals surface area contributed by atoms with Gasteiger partial charge in [0.1, 0.15) is 12.1 Å². The molecule has 0 bridgehead atoms. The Morgan fingerprint density at radius 3 is 2.67 bits per heavy atom. The summed E-state index contributed by atoms with van der Waals surface area (Å²) < 4.78 is 50.6. The summed E-state index contributed by atoms with van der Waals surface area (Å²) in [6.45, 7) is 2.08. The zero-order valence-corrected chi connectivity index (χ0v) is 22.3. The van der Waals surface area contributed by atoms with Crippen LogP contribution in [0.3, 0.4) is 0 Å². The van der Waals surface area contributed by atoms with Crippen LogP contribution in [0.1, 0.15) is 45.9 Å². The average Bonchev–Trinajstić information content (AvgIpc) is 3.33. The van der Waals surface area contributed by atoms with Crippen LogP contribution in [0.2, 0.25) is 0 Å². The summed E-state index contributed by atoms with van der Waals surface area (Å²) in [5.74, 6) is -2.52. The molecule has 0 spiro atoms. The molecular formula is C28H29F2N5O3S. The summed E-state index contributed by atoms with van der Waals surface area (Å²) in [6.07, 6.45) is 3.43. The summed E-state index contributed by atoms with van der Waals surface area (Å²) >= 11 is 0. The molecule has 1 atom stereocenters. The number of carbonyl (C=O) groups is 1. The first-order valence-electron chi connectivity index (χ1n) is 13.0. The third-order valence-corrected chi connectivity index (χ3v) is 9.94. The lowest BCUT2D eigenvalue weighted by Gasteiger charge is -2.24. The molecule has 11 heteroatoms. The maximum Gasteiger partial charge on any atom is 0.301 e. The summed E-state index contributed by atoms with van der Waals surface area (Å²) in [6, 6.07) is 13.9. The van der Waals surface area contributed by atoms with Gasteiger partial charge in [0.2, 0.25) is 5.89 Å². The van der Waals surface area contributed by atoms with Crippen LogP contribution >= 0.6 is 0 Å². The number of aromatic nitrogens is 1. The van der Waals surface area contributed by atoms with Crippen LogP contribution in [0, 0.1) is 0 Å². The van der Waals surface area contributed by atoms with Crippen LogP contribution in [0.15, 0.2) is 69.1 Å². The van der Waals surface area contributed by atoms with Crippen LogP contribution < -0.4 is 5.32 Å². The van der Waals surface area contributed by atoms with Gasteiger partial charge in [-0.05, 0) is 30.9 Å². The van der Waals surface area contributed by atoms with Crippen molar-refractivity contribution in [1.82, 2.24) is 19.5 Å². The van der Waals surface area contributed by atoms with E-state index in [2.05, 4.69) is 15.3 Å².